The average molecular weight is 588 g/mol. The summed E-state index contributed by atoms with van der Waals surface area (Å²) in [4.78, 5) is 41.5. The topological polar surface area (TPSA) is 79.4 Å². The lowest BCUT2D eigenvalue weighted by Gasteiger charge is -2.43. The Kier molecular flexibility index (Phi) is 8.14. The van der Waals surface area contributed by atoms with Gasteiger partial charge in [-0.1, -0.05) is 0 Å². The Morgan fingerprint density at radius 2 is 1.66 bits per heavy atom. The van der Waals surface area contributed by atoms with Gasteiger partial charge in [-0.3, -0.25) is 14.6 Å². The quantitative estimate of drug-likeness (QED) is 0.303. The first-order valence-corrected chi connectivity index (χ1v) is 12.7. The highest BCUT2D eigenvalue weighted by Crippen LogP contribution is 2.46. The van der Waals surface area contributed by atoms with Gasteiger partial charge in [-0.2, -0.15) is 26.3 Å². The third kappa shape index (κ3) is 5.91. The van der Waals surface area contributed by atoms with Gasteiger partial charge in [-0.15, -0.1) is 0 Å². The largest absolute Gasteiger partial charge is 0.453 e. The number of alkyl halides is 6. The normalized spacial score (nSPS) is 18.5. The number of rotatable bonds is 5. The van der Waals surface area contributed by atoms with Crippen LogP contribution in [0.5, 0.6) is 0 Å². The van der Waals surface area contributed by atoms with Crippen LogP contribution in [0.3, 0.4) is 0 Å². The van der Waals surface area contributed by atoms with Crippen molar-refractivity contribution in [3.63, 3.8) is 0 Å². The number of nitrogens with zero attached hydrogens (tertiary/aromatic N) is 3. The second kappa shape index (κ2) is 11.1. The van der Waals surface area contributed by atoms with Crippen LogP contribution in [-0.4, -0.2) is 49.8 Å². The van der Waals surface area contributed by atoms with E-state index in [1.54, 1.807) is 26.0 Å². The summed E-state index contributed by atoms with van der Waals surface area (Å²) in [6.07, 6.45) is -10.6. The fourth-order valence-corrected chi connectivity index (χ4v) is 5.34. The molecule has 0 radical (unpaired) electrons. The van der Waals surface area contributed by atoms with Crippen molar-refractivity contribution in [1.82, 2.24) is 4.90 Å². The summed E-state index contributed by atoms with van der Waals surface area (Å²) >= 11 is 0. The van der Waals surface area contributed by atoms with Crippen molar-refractivity contribution < 1.29 is 50.2 Å². The zero-order chi connectivity index (χ0) is 30.3. The van der Waals surface area contributed by atoms with Gasteiger partial charge in [0, 0.05) is 24.8 Å². The first kappa shape index (κ1) is 30.0. The van der Waals surface area contributed by atoms with Gasteiger partial charge in [0.1, 0.15) is 0 Å². The van der Waals surface area contributed by atoms with Gasteiger partial charge in [0.05, 0.1) is 36.6 Å². The molecule has 0 saturated heterocycles. The number of benzene rings is 2. The Labute approximate surface area is 231 Å². The van der Waals surface area contributed by atoms with Crippen molar-refractivity contribution in [2.75, 3.05) is 30.1 Å². The molecule has 4 rings (SSSR count). The second-order valence-electron chi connectivity index (χ2n) is 9.77. The number of carbonyl (C=O) groups is 3. The van der Waals surface area contributed by atoms with Crippen molar-refractivity contribution in [2.24, 2.45) is 0 Å². The summed E-state index contributed by atoms with van der Waals surface area (Å²) in [5.74, 6) is 0. The zero-order valence-corrected chi connectivity index (χ0v) is 22.3. The van der Waals surface area contributed by atoms with E-state index < -0.39 is 59.9 Å². The van der Waals surface area contributed by atoms with Crippen LogP contribution in [0.15, 0.2) is 30.3 Å². The maximum atomic E-state index is 13.5. The van der Waals surface area contributed by atoms with Gasteiger partial charge in [0.15, 0.2) is 0 Å². The standard InChI is InChI=1S/C27H27F6N3O5/c1-4-41-25(39)36-15(2)7-22(20-10-17-5-6-34(14-37)21(17)12-23(20)36)35(24(38)40-3)13-16-8-18(26(28,29)30)11-19(9-16)27(31,32)33/h8-12,14-15,22H,4-7,13H2,1-3H3/t15-,22+/m0/s1. The summed E-state index contributed by atoms with van der Waals surface area (Å²) in [6.45, 7) is 3.08. The minimum Gasteiger partial charge on any atom is -0.453 e. The first-order valence-electron chi connectivity index (χ1n) is 12.7. The molecular weight excluding hydrogens is 560 g/mol. The summed E-state index contributed by atoms with van der Waals surface area (Å²) in [5.41, 5.74) is -1.45. The molecule has 14 heteroatoms. The maximum absolute atomic E-state index is 13.5. The van der Waals surface area contributed by atoms with E-state index in [-0.39, 0.29) is 19.1 Å². The lowest BCUT2D eigenvalue weighted by Crippen LogP contribution is -2.47. The summed E-state index contributed by atoms with van der Waals surface area (Å²) in [5, 5.41) is 0. The number of carbonyl (C=O) groups excluding carboxylic acids is 3. The number of hydrogen-bond donors (Lipinski definition) is 0. The third-order valence-electron chi connectivity index (χ3n) is 7.16. The van der Waals surface area contributed by atoms with E-state index in [2.05, 4.69) is 0 Å². The van der Waals surface area contributed by atoms with Gasteiger partial charge in [0.2, 0.25) is 6.41 Å². The Balaban J connectivity index is 1.86. The van der Waals surface area contributed by atoms with Crippen LogP contribution in [-0.2, 0) is 39.6 Å². The average Bonchev–Trinajstić information content (AvgIpc) is 3.30. The Hall–Kier alpha value is -3.97. The minimum atomic E-state index is -5.07. The van der Waals surface area contributed by atoms with Crippen molar-refractivity contribution in [1.29, 1.82) is 0 Å². The zero-order valence-electron chi connectivity index (χ0n) is 22.3. The predicted octanol–water partition coefficient (Wildman–Crippen LogP) is 6.31. The highest BCUT2D eigenvalue weighted by molar-refractivity contribution is 5.93. The van der Waals surface area contributed by atoms with Crippen molar-refractivity contribution in [3.8, 4) is 0 Å². The van der Waals surface area contributed by atoms with Crippen LogP contribution in [0.4, 0.5) is 47.3 Å². The van der Waals surface area contributed by atoms with E-state index >= 15 is 0 Å². The fourth-order valence-electron chi connectivity index (χ4n) is 5.34. The minimum absolute atomic E-state index is 0.0171. The Morgan fingerprint density at radius 1 is 1.02 bits per heavy atom. The maximum Gasteiger partial charge on any atom is 0.416 e. The number of halogens is 6. The summed E-state index contributed by atoms with van der Waals surface area (Å²) in [6, 6.07) is 2.92. The molecular formula is C27H27F6N3O5. The number of anilines is 2. The number of amides is 3. The molecule has 222 valence electrons. The molecule has 2 aromatic carbocycles. The van der Waals surface area contributed by atoms with Gasteiger partial charge in [0.25, 0.3) is 0 Å². The van der Waals surface area contributed by atoms with E-state index in [1.807, 2.05) is 0 Å². The molecule has 0 aromatic heterocycles. The van der Waals surface area contributed by atoms with Crippen LogP contribution in [0.2, 0.25) is 0 Å². The smallest absolute Gasteiger partial charge is 0.416 e. The highest BCUT2D eigenvalue weighted by atomic mass is 19.4. The third-order valence-corrected chi connectivity index (χ3v) is 7.16. The van der Waals surface area contributed by atoms with E-state index in [9.17, 15) is 40.7 Å². The van der Waals surface area contributed by atoms with Crippen LogP contribution < -0.4 is 9.80 Å². The molecule has 8 nitrogen and oxygen atoms in total. The van der Waals surface area contributed by atoms with Gasteiger partial charge >= 0.3 is 24.5 Å². The van der Waals surface area contributed by atoms with Crippen molar-refractivity contribution >= 4 is 30.0 Å². The van der Waals surface area contributed by atoms with E-state index in [0.717, 1.165) is 17.6 Å². The molecule has 2 heterocycles. The van der Waals surface area contributed by atoms with Crippen LogP contribution in [0.1, 0.15) is 54.1 Å². The predicted molar refractivity (Wildman–Crippen MR) is 134 cm³/mol. The van der Waals surface area contributed by atoms with Gasteiger partial charge in [-0.25, -0.2) is 9.59 Å². The van der Waals surface area contributed by atoms with Crippen LogP contribution >= 0.6 is 0 Å². The molecule has 3 amide bonds. The summed E-state index contributed by atoms with van der Waals surface area (Å²) in [7, 11) is 1.05. The molecule has 0 fully saturated rings. The molecule has 41 heavy (non-hydrogen) atoms. The molecule has 0 bridgehead atoms. The molecule has 0 aliphatic carbocycles. The Bertz CT molecular complexity index is 1310. The number of ether oxygens (including phenoxy) is 2. The van der Waals surface area contributed by atoms with E-state index in [0.29, 0.717) is 48.4 Å². The lowest BCUT2D eigenvalue weighted by atomic mass is 9.88. The molecule has 0 unspecified atom stereocenters. The molecule has 0 N–H and O–H groups in total. The SMILES string of the molecule is CCOC(=O)N1c2cc3c(cc2[C@H](N(Cc2cc(C(F)(F)F)cc(C(F)(F)F)c2)C(=O)OC)C[C@@H]1C)CCN3C=O. The molecule has 2 atom stereocenters. The summed E-state index contributed by atoms with van der Waals surface area (Å²) < 4.78 is 91.2. The van der Waals surface area contributed by atoms with Gasteiger partial charge in [-0.05, 0) is 73.7 Å². The van der Waals surface area contributed by atoms with Crippen LogP contribution in [0, 0.1) is 0 Å². The number of methoxy groups -OCH3 is 1. The van der Waals surface area contributed by atoms with Crippen molar-refractivity contribution in [2.45, 2.75) is 57.7 Å². The van der Waals surface area contributed by atoms with Gasteiger partial charge < -0.3 is 14.4 Å². The van der Waals surface area contributed by atoms with Crippen LogP contribution in [0.25, 0.3) is 0 Å². The van der Waals surface area contributed by atoms with Crippen molar-refractivity contribution in [3.05, 3.63) is 58.1 Å². The second-order valence-corrected chi connectivity index (χ2v) is 9.77. The monoisotopic (exact) mass is 587 g/mol. The highest BCUT2D eigenvalue weighted by Gasteiger charge is 2.42. The molecule has 0 saturated carbocycles. The first-order chi connectivity index (χ1) is 19.2. The number of hydrogen-bond acceptors (Lipinski definition) is 5. The van der Waals surface area contributed by atoms with E-state index in [1.165, 1.54) is 9.80 Å². The van der Waals surface area contributed by atoms with E-state index in [4.69, 9.17) is 9.47 Å². The number of fused-ring (bicyclic) bond motifs is 2. The Morgan fingerprint density at radius 3 is 2.20 bits per heavy atom. The fraction of sp³-hybridized carbons (Fsp3) is 0.444. The molecule has 2 aliphatic heterocycles. The lowest BCUT2D eigenvalue weighted by molar-refractivity contribution is -0.143. The molecule has 2 aliphatic rings. The molecule has 0 spiro atoms. The molecule has 2 aromatic rings.